The van der Waals surface area contributed by atoms with Crippen molar-refractivity contribution in [2.75, 3.05) is 7.11 Å². The van der Waals surface area contributed by atoms with Crippen LogP contribution in [0.2, 0.25) is 10.0 Å². The van der Waals surface area contributed by atoms with Gasteiger partial charge >= 0.3 is 5.97 Å². The fourth-order valence-corrected chi connectivity index (χ4v) is 1.83. The lowest BCUT2D eigenvalue weighted by Gasteiger charge is -2.09. The number of nitrogens with zero attached hydrogens (tertiary/aromatic N) is 1. The lowest BCUT2D eigenvalue weighted by Crippen LogP contribution is -2.14. The summed E-state index contributed by atoms with van der Waals surface area (Å²) in [4.78, 5) is 16.6. The minimum Gasteiger partial charge on any atom is -0.494 e. The largest absolute Gasteiger partial charge is 0.494 e. The van der Waals surface area contributed by atoms with Crippen molar-refractivity contribution in [2.24, 2.45) is 10.9 Å². The standard InChI is InChI=1S/C12H14Cl2N2O3/c1-3-4-9(15)16-19-12(17)10-7(13)5-6-8(14)11(10)18-2/h5-6H,3-4H2,1-2H3,(H2,15,16). The minimum atomic E-state index is -0.775. The molecule has 1 aromatic carbocycles. The highest BCUT2D eigenvalue weighted by Gasteiger charge is 2.21. The molecule has 0 radical (unpaired) electrons. The van der Waals surface area contributed by atoms with Gasteiger partial charge in [-0.2, -0.15) is 0 Å². The molecule has 104 valence electrons. The number of carbonyl (C=O) groups excluding carboxylic acids is 1. The zero-order chi connectivity index (χ0) is 14.4. The van der Waals surface area contributed by atoms with Gasteiger partial charge in [-0.05, 0) is 18.6 Å². The number of halogens is 2. The Labute approximate surface area is 121 Å². The third-order valence-electron chi connectivity index (χ3n) is 2.22. The van der Waals surface area contributed by atoms with Crippen molar-refractivity contribution in [3.8, 4) is 5.75 Å². The summed E-state index contributed by atoms with van der Waals surface area (Å²) in [6, 6.07) is 3.00. The first-order valence-corrected chi connectivity index (χ1v) is 6.32. The van der Waals surface area contributed by atoms with Crippen LogP contribution in [0.25, 0.3) is 0 Å². The lowest BCUT2D eigenvalue weighted by atomic mass is 10.2. The molecule has 0 aliphatic carbocycles. The van der Waals surface area contributed by atoms with Gasteiger partial charge in [0.05, 0.1) is 17.2 Å². The number of benzene rings is 1. The normalized spacial score (nSPS) is 11.3. The molecule has 0 atom stereocenters. The molecule has 0 aliphatic rings. The van der Waals surface area contributed by atoms with E-state index in [-0.39, 0.29) is 27.2 Å². The molecule has 0 fully saturated rings. The lowest BCUT2D eigenvalue weighted by molar-refractivity contribution is 0.0511. The molecule has 0 saturated heterocycles. The highest BCUT2D eigenvalue weighted by atomic mass is 35.5. The van der Waals surface area contributed by atoms with Crippen LogP contribution in [-0.2, 0) is 4.84 Å². The Hall–Kier alpha value is -1.46. The smallest absolute Gasteiger partial charge is 0.371 e. The fraction of sp³-hybridized carbons (Fsp3) is 0.333. The Morgan fingerprint density at radius 3 is 2.58 bits per heavy atom. The summed E-state index contributed by atoms with van der Waals surface area (Å²) < 4.78 is 5.04. The maximum atomic E-state index is 11.9. The maximum Gasteiger partial charge on any atom is 0.371 e. The predicted molar refractivity (Wildman–Crippen MR) is 75.0 cm³/mol. The summed E-state index contributed by atoms with van der Waals surface area (Å²) in [5.41, 5.74) is 5.55. The summed E-state index contributed by atoms with van der Waals surface area (Å²) in [5.74, 6) is -0.403. The molecule has 19 heavy (non-hydrogen) atoms. The van der Waals surface area contributed by atoms with E-state index in [0.717, 1.165) is 6.42 Å². The van der Waals surface area contributed by atoms with Crippen molar-refractivity contribution in [1.82, 2.24) is 0 Å². The molecule has 0 spiro atoms. The fourth-order valence-electron chi connectivity index (χ4n) is 1.37. The van der Waals surface area contributed by atoms with Gasteiger partial charge in [-0.1, -0.05) is 35.3 Å². The highest BCUT2D eigenvalue weighted by Crippen LogP contribution is 2.34. The molecule has 0 unspecified atom stereocenters. The topological polar surface area (TPSA) is 73.9 Å². The van der Waals surface area contributed by atoms with Crippen LogP contribution in [-0.4, -0.2) is 18.9 Å². The van der Waals surface area contributed by atoms with Crippen LogP contribution < -0.4 is 10.5 Å². The van der Waals surface area contributed by atoms with Gasteiger partial charge in [0.15, 0.2) is 5.75 Å². The van der Waals surface area contributed by atoms with Gasteiger partial charge in [0.1, 0.15) is 11.4 Å². The average Bonchev–Trinajstić information content (AvgIpc) is 2.38. The Bertz CT molecular complexity index is 504. The molecular formula is C12H14Cl2N2O3. The molecular weight excluding hydrogens is 291 g/mol. The SMILES string of the molecule is CCC/C(N)=N/OC(=O)c1c(Cl)ccc(Cl)c1OC. The number of rotatable bonds is 5. The summed E-state index contributed by atoms with van der Waals surface area (Å²) in [5, 5.41) is 3.94. The molecule has 2 N–H and O–H groups in total. The molecule has 0 aliphatic heterocycles. The van der Waals surface area contributed by atoms with Crippen molar-refractivity contribution < 1.29 is 14.4 Å². The van der Waals surface area contributed by atoms with E-state index in [9.17, 15) is 4.79 Å². The number of nitrogens with two attached hydrogens (primary N) is 1. The van der Waals surface area contributed by atoms with Crippen LogP contribution in [0.4, 0.5) is 0 Å². The van der Waals surface area contributed by atoms with Crippen molar-refractivity contribution in [3.63, 3.8) is 0 Å². The minimum absolute atomic E-state index is 0.0183. The predicted octanol–water partition coefficient (Wildman–Crippen LogP) is 3.23. The van der Waals surface area contributed by atoms with E-state index in [1.165, 1.54) is 19.2 Å². The second kappa shape index (κ2) is 7.21. The second-order valence-electron chi connectivity index (χ2n) is 3.65. The third-order valence-corrected chi connectivity index (χ3v) is 2.83. The summed E-state index contributed by atoms with van der Waals surface area (Å²) in [6.45, 7) is 1.93. The number of carbonyl (C=O) groups is 1. The van der Waals surface area contributed by atoms with E-state index in [1.54, 1.807) is 0 Å². The van der Waals surface area contributed by atoms with Gasteiger partial charge in [0.25, 0.3) is 0 Å². The molecule has 0 aromatic heterocycles. The first-order chi connectivity index (χ1) is 9.01. The van der Waals surface area contributed by atoms with Gasteiger partial charge in [-0.25, -0.2) is 4.79 Å². The monoisotopic (exact) mass is 304 g/mol. The number of hydrogen-bond donors (Lipinski definition) is 1. The van der Waals surface area contributed by atoms with E-state index < -0.39 is 5.97 Å². The first-order valence-electron chi connectivity index (χ1n) is 5.56. The number of oxime groups is 1. The summed E-state index contributed by atoms with van der Waals surface area (Å²) in [6.07, 6.45) is 1.34. The molecule has 5 nitrogen and oxygen atoms in total. The number of amidine groups is 1. The van der Waals surface area contributed by atoms with Crippen molar-refractivity contribution in [1.29, 1.82) is 0 Å². The van der Waals surface area contributed by atoms with Crippen LogP contribution in [0.3, 0.4) is 0 Å². The Balaban J connectivity index is 3.00. The maximum absolute atomic E-state index is 11.9. The third kappa shape index (κ3) is 4.01. The van der Waals surface area contributed by atoms with Crippen LogP contribution in [0, 0.1) is 0 Å². The Kier molecular flexibility index (Phi) is 5.92. The molecule has 1 rings (SSSR count). The first kappa shape index (κ1) is 15.6. The van der Waals surface area contributed by atoms with E-state index in [0.29, 0.717) is 6.42 Å². The van der Waals surface area contributed by atoms with Crippen molar-refractivity contribution in [3.05, 3.63) is 27.7 Å². The van der Waals surface area contributed by atoms with E-state index in [4.69, 9.17) is 38.5 Å². The van der Waals surface area contributed by atoms with Crippen LogP contribution in [0.1, 0.15) is 30.1 Å². The molecule has 0 bridgehead atoms. The van der Waals surface area contributed by atoms with Crippen molar-refractivity contribution in [2.45, 2.75) is 19.8 Å². The zero-order valence-corrected chi connectivity index (χ0v) is 12.1. The number of methoxy groups -OCH3 is 1. The van der Waals surface area contributed by atoms with Gasteiger partial charge < -0.3 is 15.3 Å². The molecule has 0 amide bonds. The van der Waals surface area contributed by atoms with Gasteiger partial charge in [0, 0.05) is 6.42 Å². The quantitative estimate of drug-likeness (QED) is 0.392. The van der Waals surface area contributed by atoms with E-state index in [2.05, 4.69) is 5.16 Å². The van der Waals surface area contributed by atoms with E-state index in [1.807, 2.05) is 6.92 Å². The molecule has 7 heteroatoms. The van der Waals surface area contributed by atoms with Crippen molar-refractivity contribution >= 4 is 35.0 Å². The summed E-state index contributed by atoms with van der Waals surface area (Å²) >= 11 is 11.8. The van der Waals surface area contributed by atoms with Crippen LogP contribution >= 0.6 is 23.2 Å². The Morgan fingerprint density at radius 1 is 1.37 bits per heavy atom. The Morgan fingerprint density at radius 2 is 2.00 bits per heavy atom. The van der Waals surface area contributed by atoms with Crippen LogP contribution in [0.15, 0.2) is 17.3 Å². The number of hydrogen-bond acceptors (Lipinski definition) is 4. The van der Waals surface area contributed by atoms with Crippen LogP contribution in [0.5, 0.6) is 5.75 Å². The zero-order valence-electron chi connectivity index (χ0n) is 10.6. The molecule has 0 heterocycles. The van der Waals surface area contributed by atoms with Gasteiger partial charge in [0.2, 0.25) is 0 Å². The number of ether oxygens (including phenoxy) is 1. The summed E-state index contributed by atoms with van der Waals surface area (Å²) in [7, 11) is 1.38. The van der Waals surface area contributed by atoms with E-state index >= 15 is 0 Å². The van der Waals surface area contributed by atoms with Gasteiger partial charge in [-0.3, -0.25) is 0 Å². The highest BCUT2D eigenvalue weighted by molar-refractivity contribution is 6.37. The van der Waals surface area contributed by atoms with Gasteiger partial charge in [-0.15, -0.1) is 0 Å². The average molecular weight is 305 g/mol. The molecule has 1 aromatic rings. The molecule has 0 saturated carbocycles. The second-order valence-corrected chi connectivity index (χ2v) is 4.46.